The summed E-state index contributed by atoms with van der Waals surface area (Å²) in [4.78, 5) is 40.4. The predicted octanol–water partition coefficient (Wildman–Crippen LogP) is 4.57. The number of aromatic amines is 1. The number of hydrogen-bond acceptors (Lipinski definition) is 5. The van der Waals surface area contributed by atoms with E-state index in [0.717, 1.165) is 68.9 Å². The number of aromatic nitrogens is 1. The molecule has 0 saturated heterocycles. The monoisotopic (exact) mass is 553 g/mol. The lowest BCUT2D eigenvalue weighted by Crippen LogP contribution is -2.31. The van der Waals surface area contributed by atoms with Crippen LogP contribution in [0.2, 0.25) is 0 Å². The molecule has 210 valence electrons. The van der Waals surface area contributed by atoms with E-state index in [4.69, 9.17) is 19.9 Å². The summed E-state index contributed by atoms with van der Waals surface area (Å²) in [5.41, 5.74) is 5.66. The minimum absolute atomic E-state index is 0.0743. The Morgan fingerprint density at radius 3 is 2.44 bits per heavy atom. The van der Waals surface area contributed by atoms with Gasteiger partial charge >= 0.3 is 11.9 Å². The molecule has 3 aromatic carbocycles. The second-order valence-electron chi connectivity index (χ2n) is 9.37. The van der Waals surface area contributed by atoms with Crippen molar-refractivity contribution in [2.75, 3.05) is 13.7 Å². The van der Waals surface area contributed by atoms with Crippen molar-refractivity contribution in [2.45, 2.75) is 26.2 Å². The van der Waals surface area contributed by atoms with E-state index in [1.807, 2.05) is 48.7 Å². The molecule has 1 aliphatic rings. The van der Waals surface area contributed by atoms with Crippen molar-refractivity contribution in [2.24, 2.45) is 4.99 Å². The Bertz CT molecular complexity index is 1740. The molecule has 0 spiro atoms. The number of benzene rings is 3. The summed E-state index contributed by atoms with van der Waals surface area (Å²) in [6.45, 7) is 2.83. The Morgan fingerprint density at radius 1 is 0.976 bits per heavy atom. The number of fused-ring (bicyclic) bond motifs is 4. The van der Waals surface area contributed by atoms with Crippen LogP contribution in [-0.2, 0) is 9.59 Å². The number of unbranched alkanes of at least 4 members (excludes halogenated alkanes) is 2. The summed E-state index contributed by atoms with van der Waals surface area (Å²) in [7, 11) is 1.67. The van der Waals surface area contributed by atoms with Gasteiger partial charge in [-0.05, 0) is 54.1 Å². The number of H-pyrrole nitrogens is 1. The number of rotatable bonds is 9. The molecule has 1 aliphatic heterocycles. The standard InChI is InChI=1S/C28H27N3O2.C4H4O4/c1-3-4-7-12-29-28(32)24-15-18(14-23-21-8-5-6-9-26(21)31-27(23)24)13-19-17-30-25-11-10-20(33-2)16-22(19)25;5-3(6)1-2-4(7)8/h5-6,8-11,13-17,30H,3-4,7,12H2,1-2H3,(H,29,32);1-2H,(H,5,6)(H,7,8)/b;2-1-. The van der Waals surface area contributed by atoms with Crippen LogP contribution in [0.1, 0.15) is 42.1 Å². The molecular formula is C32H31N3O6. The van der Waals surface area contributed by atoms with Crippen LogP contribution in [0, 0.1) is 0 Å². The summed E-state index contributed by atoms with van der Waals surface area (Å²) in [5, 5.41) is 21.5. The number of amides is 1. The highest BCUT2D eigenvalue weighted by atomic mass is 16.5. The quantitative estimate of drug-likeness (QED) is 0.156. The number of nitrogens with zero attached hydrogens (tertiary/aromatic N) is 1. The lowest BCUT2D eigenvalue weighted by Gasteiger charge is -2.07. The van der Waals surface area contributed by atoms with Crippen molar-refractivity contribution in [3.05, 3.63) is 94.6 Å². The van der Waals surface area contributed by atoms with E-state index in [1.165, 1.54) is 0 Å². The highest BCUT2D eigenvalue weighted by molar-refractivity contribution is 5.97. The van der Waals surface area contributed by atoms with Gasteiger partial charge < -0.3 is 25.3 Å². The van der Waals surface area contributed by atoms with Crippen molar-refractivity contribution in [3.63, 3.8) is 0 Å². The van der Waals surface area contributed by atoms with Gasteiger partial charge in [-0.2, -0.15) is 0 Å². The second kappa shape index (κ2) is 13.3. The normalized spacial score (nSPS) is 11.8. The van der Waals surface area contributed by atoms with E-state index in [0.29, 0.717) is 24.3 Å². The zero-order valence-corrected chi connectivity index (χ0v) is 22.8. The second-order valence-corrected chi connectivity index (χ2v) is 9.37. The number of para-hydroxylation sites is 1. The molecule has 9 nitrogen and oxygen atoms in total. The van der Waals surface area contributed by atoms with E-state index in [-0.39, 0.29) is 5.91 Å². The molecule has 5 rings (SSSR count). The number of hydrogen-bond donors (Lipinski definition) is 4. The molecule has 0 atom stereocenters. The van der Waals surface area contributed by atoms with Crippen LogP contribution in [-0.4, -0.2) is 46.7 Å². The van der Waals surface area contributed by atoms with Crippen LogP contribution in [0.4, 0.5) is 5.69 Å². The fourth-order valence-electron chi connectivity index (χ4n) is 4.52. The van der Waals surface area contributed by atoms with E-state index >= 15 is 0 Å². The van der Waals surface area contributed by atoms with Gasteiger partial charge in [0.25, 0.3) is 5.91 Å². The molecule has 1 amide bonds. The molecule has 0 aliphatic carbocycles. The fraction of sp³-hybridized carbons (Fsp3) is 0.188. The predicted molar refractivity (Wildman–Crippen MR) is 157 cm³/mol. The van der Waals surface area contributed by atoms with Crippen molar-refractivity contribution in [1.82, 2.24) is 10.3 Å². The van der Waals surface area contributed by atoms with Crippen LogP contribution in [0.5, 0.6) is 5.75 Å². The zero-order chi connectivity index (χ0) is 29.4. The van der Waals surface area contributed by atoms with Crippen LogP contribution >= 0.6 is 0 Å². The van der Waals surface area contributed by atoms with Crippen molar-refractivity contribution >= 4 is 40.5 Å². The molecular weight excluding hydrogens is 522 g/mol. The van der Waals surface area contributed by atoms with Crippen LogP contribution in [0.25, 0.3) is 28.1 Å². The third kappa shape index (κ3) is 7.07. The SMILES string of the molecule is CCCCCNC(=O)c1cc(=Cc2c[nH]c3ccc(OC)cc23)cc2c1=Nc1ccccc1-2.O=C(O)/C=C\C(=O)O. The number of nitrogens with one attached hydrogen (secondary N) is 2. The molecule has 0 bridgehead atoms. The molecule has 0 radical (unpaired) electrons. The van der Waals surface area contributed by atoms with Crippen LogP contribution in [0.15, 0.2) is 77.9 Å². The number of carboxylic acids is 2. The molecule has 2 heterocycles. The fourth-order valence-corrected chi connectivity index (χ4v) is 4.52. The first-order valence-corrected chi connectivity index (χ1v) is 13.2. The van der Waals surface area contributed by atoms with Gasteiger partial charge in [0.2, 0.25) is 0 Å². The van der Waals surface area contributed by atoms with E-state index in [1.54, 1.807) is 7.11 Å². The van der Waals surface area contributed by atoms with E-state index in [9.17, 15) is 14.4 Å². The van der Waals surface area contributed by atoms with Gasteiger partial charge in [-0.25, -0.2) is 14.6 Å². The molecule has 4 N–H and O–H groups in total. The summed E-state index contributed by atoms with van der Waals surface area (Å²) >= 11 is 0. The number of ether oxygens (including phenoxy) is 1. The van der Waals surface area contributed by atoms with Gasteiger partial charge in [0.05, 0.1) is 23.7 Å². The molecule has 4 aromatic rings. The molecule has 0 saturated carbocycles. The minimum Gasteiger partial charge on any atom is -0.497 e. The van der Waals surface area contributed by atoms with Gasteiger partial charge in [-0.1, -0.05) is 38.0 Å². The zero-order valence-electron chi connectivity index (χ0n) is 22.8. The molecule has 9 heteroatoms. The number of aliphatic carboxylic acids is 2. The Labute approximate surface area is 236 Å². The van der Waals surface area contributed by atoms with Crippen molar-refractivity contribution < 1.29 is 29.3 Å². The smallest absolute Gasteiger partial charge is 0.328 e. The maximum atomic E-state index is 13.2. The Balaban J connectivity index is 0.000000426. The topological polar surface area (TPSA) is 141 Å². The first-order chi connectivity index (χ1) is 19.8. The van der Waals surface area contributed by atoms with Gasteiger partial charge in [0, 0.05) is 52.5 Å². The maximum Gasteiger partial charge on any atom is 0.328 e. The summed E-state index contributed by atoms with van der Waals surface area (Å²) in [6, 6.07) is 18.1. The van der Waals surface area contributed by atoms with Gasteiger partial charge in [0.15, 0.2) is 0 Å². The highest BCUT2D eigenvalue weighted by Gasteiger charge is 2.19. The average Bonchev–Trinajstić information content (AvgIpc) is 3.55. The summed E-state index contributed by atoms with van der Waals surface area (Å²) < 4.78 is 5.41. The molecule has 0 fully saturated rings. The van der Waals surface area contributed by atoms with E-state index < -0.39 is 11.9 Å². The van der Waals surface area contributed by atoms with Crippen LogP contribution in [0.3, 0.4) is 0 Å². The number of methoxy groups -OCH3 is 1. The minimum atomic E-state index is -1.26. The summed E-state index contributed by atoms with van der Waals surface area (Å²) in [6.07, 6.45) is 8.41. The first-order valence-electron chi connectivity index (χ1n) is 13.2. The number of carbonyl (C=O) groups excluding carboxylic acids is 1. The van der Waals surface area contributed by atoms with Crippen LogP contribution < -0.4 is 20.6 Å². The van der Waals surface area contributed by atoms with E-state index in [2.05, 4.69) is 35.4 Å². The lowest BCUT2D eigenvalue weighted by molar-refractivity contribution is -0.134. The van der Waals surface area contributed by atoms with Crippen molar-refractivity contribution in [3.8, 4) is 16.9 Å². The van der Waals surface area contributed by atoms with Gasteiger partial charge in [-0.15, -0.1) is 0 Å². The first kappa shape index (κ1) is 28.8. The summed E-state index contributed by atoms with van der Waals surface area (Å²) in [5.74, 6) is -1.78. The van der Waals surface area contributed by atoms with Gasteiger partial charge in [-0.3, -0.25) is 4.79 Å². The Morgan fingerprint density at radius 2 is 1.73 bits per heavy atom. The highest BCUT2D eigenvalue weighted by Crippen LogP contribution is 2.32. The Kier molecular flexibility index (Phi) is 9.32. The van der Waals surface area contributed by atoms with Crippen molar-refractivity contribution in [1.29, 1.82) is 0 Å². The van der Waals surface area contributed by atoms with Gasteiger partial charge in [0.1, 0.15) is 5.75 Å². The third-order valence-electron chi connectivity index (χ3n) is 6.48. The maximum absolute atomic E-state index is 13.2. The number of carbonyl (C=O) groups is 3. The number of carboxylic acid groups (broad SMARTS) is 2. The molecule has 0 unspecified atom stereocenters. The Hall–Kier alpha value is -5.18. The molecule has 41 heavy (non-hydrogen) atoms. The molecule has 1 aromatic heterocycles. The average molecular weight is 554 g/mol. The lowest BCUT2D eigenvalue weighted by atomic mass is 10.0. The largest absolute Gasteiger partial charge is 0.497 e. The third-order valence-corrected chi connectivity index (χ3v) is 6.48.